The number of anilines is 1. The van der Waals surface area contributed by atoms with Gasteiger partial charge in [0.2, 0.25) is 5.91 Å². The van der Waals surface area contributed by atoms with Crippen LogP contribution in [0.4, 0.5) is 5.82 Å². The Balaban J connectivity index is 1.48. The summed E-state index contributed by atoms with van der Waals surface area (Å²) >= 11 is 5.88. The highest BCUT2D eigenvalue weighted by Gasteiger charge is 2.26. The van der Waals surface area contributed by atoms with Crippen molar-refractivity contribution in [2.24, 2.45) is 5.92 Å². The Hall–Kier alpha value is -2.14. The summed E-state index contributed by atoms with van der Waals surface area (Å²) in [4.78, 5) is 23.0. The minimum absolute atomic E-state index is 0.00553. The van der Waals surface area contributed by atoms with Crippen LogP contribution in [-0.4, -0.2) is 35.5 Å². The first-order chi connectivity index (χ1) is 11.7. The first-order valence-corrected chi connectivity index (χ1v) is 8.63. The summed E-state index contributed by atoms with van der Waals surface area (Å²) in [5.41, 5.74) is 1.17. The molecule has 1 aliphatic heterocycles. The second-order valence-corrected chi connectivity index (χ2v) is 6.45. The lowest BCUT2D eigenvalue weighted by atomic mass is 9.97. The molecule has 5 nitrogen and oxygen atoms in total. The largest absolute Gasteiger partial charge is 0.355 e. The van der Waals surface area contributed by atoms with Gasteiger partial charge in [0.15, 0.2) is 0 Å². The topological polar surface area (TPSA) is 58.1 Å². The van der Waals surface area contributed by atoms with Gasteiger partial charge in [0.05, 0.1) is 12.1 Å². The van der Waals surface area contributed by atoms with Gasteiger partial charge in [-0.1, -0.05) is 23.7 Å². The normalized spacial score (nSPS) is 17.5. The van der Waals surface area contributed by atoms with Crippen LogP contribution in [0.1, 0.15) is 18.4 Å². The maximum atomic E-state index is 12.4. The van der Waals surface area contributed by atoms with Crippen molar-refractivity contribution in [1.29, 1.82) is 0 Å². The Morgan fingerprint density at radius 2 is 2.12 bits per heavy atom. The van der Waals surface area contributed by atoms with E-state index in [0.717, 1.165) is 36.6 Å². The molecule has 2 heterocycles. The highest BCUT2D eigenvalue weighted by Crippen LogP contribution is 2.21. The van der Waals surface area contributed by atoms with Crippen molar-refractivity contribution < 1.29 is 4.79 Å². The first-order valence-electron chi connectivity index (χ1n) is 8.25. The van der Waals surface area contributed by atoms with Crippen molar-refractivity contribution in [3.05, 3.63) is 53.4 Å². The zero-order chi connectivity index (χ0) is 16.8. The summed E-state index contributed by atoms with van der Waals surface area (Å²) in [5, 5.41) is 3.78. The fraction of sp³-hybridized carbons (Fsp3) is 0.389. The number of hydrogen-bond donors (Lipinski definition) is 1. The van der Waals surface area contributed by atoms with E-state index in [9.17, 15) is 4.79 Å². The van der Waals surface area contributed by atoms with Crippen molar-refractivity contribution in [2.45, 2.75) is 19.3 Å². The minimum Gasteiger partial charge on any atom is -0.355 e. The molecule has 1 saturated heterocycles. The van der Waals surface area contributed by atoms with Crippen molar-refractivity contribution >= 4 is 23.3 Å². The Morgan fingerprint density at radius 1 is 1.29 bits per heavy atom. The second-order valence-electron chi connectivity index (χ2n) is 6.02. The molecule has 1 aromatic carbocycles. The summed E-state index contributed by atoms with van der Waals surface area (Å²) < 4.78 is 0. The molecule has 1 N–H and O–H groups in total. The van der Waals surface area contributed by atoms with E-state index in [0.29, 0.717) is 13.1 Å². The number of hydrogen-bond acceptors (Lipinski definition) is 4. The van der Waals surface area contributed by atoms with Crippen molar-refractivity contribution in [1.82, 2.24) is 15.3 Å². The number of nitrogens with one attached hydrogen (secondary N) is 1. The number of rotatable bonds is 5. The second kappa shape index (κ2) is 8.11. The van der Waals surface area contributed by atoms with Crippen LogP contribution in [0.15, 0.2) is 42.9 Å². The lowest BCUT2D eigenvalue weighted by Crippen LogP contribution is -2.43. The van der Waals surface area contributed by atoms with Gasteiger partial charge in [-0.15, -0.1) is 0 Å². The number of piperidine rings is 1. The highest BCUT2D eigenvalue weighted by molar-refractivity contribution is 6.30. The van der Waals surface area contributed by atoms with Gasteiger partial charge in [-0.05, 0) is 37.0 Å². The molecular formula is C18H21ClN4O. The van der Waals surface area contributed by atoms with Gasteiger partial charge in [-0.3, -0.25) is 9.78 Å². The fourth-order valence-electron chi connectivity index (χ4n) is 2.98. The van der Waals surface area contributed by atoms with E-state index < -0.39 is 0 Å². The first kappa shape index (κ1) is 16.7. The third-order valence-electron chi connectivity index (χ3n) is 4.29. The van der Waals surface area contributed by atoms with Crippen LogP contribution >= 0.6 is 11.6 Å². The zero-order valence-corrected chi connectivity index (χ0v) is 14.2. The van der Waals surface area contributed by atoms with Crippen LogP contribution in [0.3, 0.4) is 0 Å². The number of halogens is 1. The Morgan fingerprint density at radius 3 is 2.88 bits per heavy atom. The SMILES string of the molecule is O=C(NCCc1ccc(Cl)cc1)C1CCCN(c2cnccn2)C1. The molecule has 24 heavy (non-hydrogen) atoms. The summed E-state index contributed by atoms with van der Waals surface area (Å²) in [6.45, 7) is 2.26. The maximum absolute atomic E-state index is 12.4. The molecule has 1 unspecified atom stereocenters. The predicted molar refractivity (Wildman–Crippen MR) is 95.1 cm³/mol. The molecular weight excluding hydrogens is 324 g/mol. The van der Waals surface area contributed by atoms with Gasteiger partial charge in [0, 0.05) is 37.1 Å². The minimum atomic E-state index is 0.00553. The molecule has 1 aliphatic rings. The predicted octanol–water partition coefficient (Wildman–Crippen LogP) is 2.71. The van der Waals surface area contributed by atoms with E-state index in [1.165, 1.54) is 5.56 Å². The van der Waals surface area contributed by atoms with Gasteiger partial charge in [0.25, 0.3) is 0 Å². The summed E-state index contributed by atoms with van der Waals surface area (Å²) in [6.07, 6.45) is 7.82. The van der Waals surface area contributed by atoms with E-state index in [2.05, 4.69) is 20.2 Å². The number of carbonyl (C=O) groups is 1. The van der Waals surface area contributed by atoms with Crippen LogP contribution in [-0.2, 0) is 11.2 Å². The molecule has 1 aromatic heterocycles. The molecule has 6 heteroatoms. The Kier molecular flexibility index (Phi) is 5.64. The van der Waals surface area contributed by atoms with Gasteiger partial charge >= 0.3 is 0 Å². The fourth-order valence-corrected chi connectivity index (χ4v) is 3.11. The number of nitrogens with zero attached hydrogens (tertiary/aromatic N) is 3. The number of carbonyl (C=O) groups excluding carboxylic acids is 1. The van der Waals surface area contributed by atoms with Crippen molar-refractivity contribution in [3.8, 4) is 0 Å². The standard InChI is InChI=1S/C18H21ClN4O/c19-16-5-3-14(4-6-16)7-8-22-18(24)15-2-1-11-23(13-15)17-12-20-9-10-21-17/h3-6,9-10,12,15H,1-2,7-8,11,13H2,(H,22,24). The summed E-state index contributed by atoms with van der Waals surface area (Å²) in [6, 6.07) is 7.73. The lowest BCUT2D eigenvalue weighted by molar-refractivity contribution is -0.125. The molecule has 2 aromatic rings. The molecule has 0 saturated carbocycles. The maximum Gasteiger partial charge on any atom is 0.224 e. The molecule has 3 rings (SSSR count). The third-order valence-corrected chi connectivity index (χ3v) is 4.54. The van der Waals surface area contributed by atoms with E-state index in [1.807, 2.05) is 24.3 Å². The average molecular weight is 345 g/mol. The average Bonchev–Trinajstić information content (AvgIpc) is 2.64. The monoisotopic (exact) mass is 344 g/mol. The van der Waals surface area contributed by atoms with E-state index in [4.69, 9.17) is 11.6 Å². The Bertz CT molecular complexity index is 662. The highest BCUT2D eigenvalue weighted by atomic mass is 35.5. The molecule has 1 fully saturated rings. The van der Waals surface area contributed by atoms with Crippen LogP contribution in [0.2, 0.25) is 5.02 Å². The lowest BCUT2D eigenvalue weighted by Gasteiger charge is -2.32. The molecule has 0 bridgehead atoms. The molecule has 0 radical (unpaired) electrons. The van der Waals surface area contributed by atoms with Gasteiger partial charge in [-0.2, -0.15) is 0 Å². The van der Waals surface area contributed by atoms with Crippen molar-refractivity contribution in [2.75, 3.05) is 24.5 Å². The quantitative estimate of drug-likeness (QED) is 0.906. The molecule has 0 aliphatic carbocycles. The van der Waals surface area contributed by atoms with E-state index >= 15 is 0 Å². The van der Waals surface area contributed by atoms with Crippen molar-refractivity contribution in [3.63, 3.8) is 0 Å². The van der Waals surface area contributed by atoms with Gasteiger partial charge in [-0.25, -0.2) is 4.98 Å². The molecule has 1 atom stereocenters. The number of benzene rings is 1. The van der Waals surface area contributed by atoms with Gasteiger partial charge < -0.3 is 10.2 Å². The Labute approximate surface area is 147 Å². The van der Waals surface area contributed by atoms with E-state index in [1.54, 1.807) is 18.6 Å². The smallest absolute Gasteiger partial charge is 0.224 e. The molecule has 126 valence electrons. The zero-order valence-electron chi connectivity index (χ0n) is 13.5. The summed E-state index contributed by atoms with van der Waals surface area (Å²) in [7, 11) is 0. The molecule has 0 spiro atoms. The third kappa shape index (κ3) is 4.45. The molecule has 1 amide bonds. The van der Waals surface area contributed by atoms with Crippen LogP contribution in [0.5, 0.6) is 0 Å². The van der Waals surface area contributed by atoms with Gasteiger partial charge in [0.1, 0.15) is 5.82 Å². The van der Waals surface area contributed by atoms with Crippen LogP contribution in [0, 0.1) is 5.92 Å². The number of amides is 1. The number of aromatic nitrogens is 2. The van der Waals surface area contributed by atoms with Crippen LogP contribution < -0.4 is 10.2 Å². The summed E-state index contributed by atoms with van der Waals surface area (Å²) in [5.74, 6) is 0.972. The van der Waals surface area contributed by atoms with Crippen LogP contribution in [0.25, 0.3) is 0 Å². The van der Waals surface area contributed by atoms with E-state index in [-0.39, 0.29) is 11.8 Å².